The van der Waals surface area contributed by atoms with Crippen LogP contribution in [-0.4, -0.2) is 41.5 Å². The molecule has 3 N–H and O–H groups in total. The summed E-state index contributed by atoms with van der Waals surface area (Å²) in [5.74, 6) is 1.00. The zero-order valence-corrected chi connectivity index (χ0v) is 14.1. The highest BCUT2D eigenvalue weighted by Crippen LogP contribution is 2.19. The molecule has 5 nitrogen and oxygen atoms in total. The fourth-order valence-corrected chi connectivity index (χ4v) is 3.47. The van der Waals surface area contributed by atoms with Crippen molar-refractivity contribution >= 4 is 17.3 Å². The molecule has 1 saturated heterocycles. The fourth-order valence-electron chi connectivity index (χ4n) is 2.65. The Labute approximate surface area is 131 Å². The monoisotopic (exact) mass is 309 g/mol. The summed E-state index contributed by atoms with van der Waals surface area (Å²) in [5.41, 5.74) is 6.95. The summed E-state index contributed by atoms with van der Waals surface area (Å²) in [5, 5.41) is 6.48. The topological polar surface area (TPSA) is 66.5 Å². The highest BCUT2D eigenvalue weighted by molar-refractivity contribution is 7.09. The van der Waals surface area contributed by atoms with E-state index in [-0.39, 0.29) is 0 Å². The first-order valence-electron chi connectivity index (χ1n) is 7.82. The second kappa shape index (κ2) is 7.75. The standard InChI is InChI=1S/C15H27N5S/c1-4-20-7-5-6-13(20)9-18-15(16)17-8-12-10-21-14(19-12)11(2)3/h10-11,13H,4-9H2,1-3H3,(H3,16,17,18). The van der Waals surface area contributed by atoms with Crippen LogP contribution in [-0.2, 0) is 6.54 Å². The summed E-state index contributed by atoms with van der Waals surface area (Å²) in [6.07, 6.45) is 2.53. The number of guanidine groups is 1. The molecule has 0 aliphatic carbocycles. The van der Waals surface area contributed by atoms with Gasteiger partial charge in [0.2, 0.25) is 0 Å². The van der Waals surface area contributed by atoms with Gasteiger partial charge in [0.25, 0.3) is 0 Å². The number of aliphatic imine (C=N–C) groups is 1. The Kier molecular flexibility index (Phi) is 5.99. The zero-order chi connectivity index (χ0) is 15.2. The summed E-state index contributed by atoms with van der Waals surface area (Å²) in [7, 11) is 0. The van der Waals surface area contributed by atoms with Gasteiger partial charge in [0.1, 0.15) is 0 Å². The fraction of sp³-hybridized carbons (Fsp3) is 0.733. The van der Waals surface area contributed by atoms with Gasteiger partial charge in [-0.2, -0.15) is 0 Å². The third-order valence-electron chi connectivity index (χ3n) is 3.90. The number of likely N-dealkylation sites (N-methyl/N-ethyl adjacent to an activating group) is 1. The van der Waals surface area contributed by atoms with Crippen LogP contribution in [0.3, 0.4) is 0 Å². The highest BCUT2D eigenvalue weighted by Gasteiger charge is 2.22. The third-order valence-corrected chi connectivity index (χ3v) is 5.09. The molecule has 1 unspecified atom stereocenters. The van der Waals surface area contributed by atoms with Gasteiger partial charge in [-0.05, 0) is 25.9 Å². The predicted molar refractivity (Wildman–Crippen MR) is 89.8 cm³/mol. The molecule has 2 heterocycles. The Morgan fingerprint density at radius 2 is 2.43 bits per heavy atom. The van der Waals surface area contributed by atoms with Crippen LogP contribution in [0.1, 0.15) is 50.2 Å². The Hall–Kier alpha value is -1.14. The van der Waals surface area contributed by atoms with Crippen LogP contribution in [0.4, 0.5) is 0 Å². The molecule has 1 atom stereocenters. The van der Waals surface area contributed by atoms with Gasteiger partial charge < -0.3 is 11.1 Å². The molecule has 0 spiro atoms. The van der Waals surface area contributed by atoms with E-state index in [1.165, 1.54) is 19.4 Å². The van der Waals surface area contributed by atoms with Crippen molar-refractivity contribution in [2.24, 2.45) is 10.7 Å². The van der Waals surface area contributed by atoms with Gasteiger partial charge >= 0.3 is 0 Å². The van der Waals surface area contributed by atoms with Crippen molar-refractivity contribution in [2.45, 2.75) is 52.1 Å². The van der Waals surface area contributed by atoms with E-state index in [2.05, 4.69) is 46.3 Å². The highest BCUT2D eigenvalue weighted by atomic mass is 32.1. The minimum absolute atomic E-state index is 0.477. The number of likely N-dealkylation sites (tertiary alicyclic amines) is 1. The molecule has 0 aromatic carbocycles. The van der Waals surface area contributed by atoms with E-state index in [1.54, 1.807) is 11.3 Å². The molecule has 1 aliphatic rings. The second-order valence-corrected chi connectivity index (χ2v) is 6.73. The van der Waals surface area contributed by atoms with Gasteiger partial charge in [-0.1, -0.05) is 20.8 Å². The lowest BCUT2D eigenvalue weighted by Gasteiger charge is -2.23. The van der Waals surface area contributed by atoms with Gasteiger partial charge in [-0.25, -0.2) is 9.98 Å². The van der Waals surface area contributed by atoms with Gasteiger partial charge in [-0.3, -0.25) is 4.90 Å². The van der Waals surface area contributed by atoms with Gasteiger partial charge in [0.05, 0.1) is 17.2 Å². The van der Waals surface area contributed by atoms with E-state index in [4.69, 9.17) is 5.73 Å². The van der Waals surface area contributed by atoms with Crippen LogP contribution in [0.15, 0.2) is 10.4 Å². The number of hydrogen-bond acceptors (Lipinski definition) is 4. The van der Waals surface area contributed by atoms with Crippen molar-refractivity contribution in [3.63, 3.8) is 0 Å². The van der Waals surface area contributed by atoms with E-state index in [1.807, 2.05) is 0 Å². The summed E-state index contributed by atoms with van der Waals surface area (Å²) >= 11 is 1.70. The quantitative estimate of drug-likeness (QED) is 0.624. The lowest BCUT2D eigenvalue weighted by Crippen LogP contribution is -2.42. The minimum atomic E-state index is 0.477. The molecular formula is C15H27N5S. The maximum Gasteiger partial charge on any atom is 0.189 e. The largest absolute Gasteiger partial charge is 0.370 e. The van der Waals surface area contributed by atoms with Crippen LogP contribution in [0.25, 0.3) is 0 Å². The van der Waals surface area contributed by atoms with Crippen LogP contribution in [0.5, 0.6) is 0 Å². The maximum absolute atomic E-state index is 5.95. The lowest BCUT2D eigenvalue weighted by molar-refractivity contribution is 0.267. The van der Waals surface area contributed by atoms with Crippen molar-refractivity contribution in [2.75, 3.05) is 19.6 Å². The van der Waals surface area contributed by atoms with Crippen molar-refractivity contribution < 1.29 is 0 Å². The van der Waals surface area contributed by atoms with Crippen LogP contribution < -0.4 is 11.1 Å². The molecule has 21 heavy (non-hydrogen) atoms. The molecule has 0 saturated carbocycles. The van der Waals surface area contributed by atoms with Crippen molar-refractivity contribution in [1.29, 1.82) is 0 Å². The Bertz CT molecular complexity index is 468. The molecule has 118 valence electrons. The number of rotatable bonds is 6. The number of nitrogens with one attached hydrogen (secondary N) is 1. The van der Waals surface area contributed by atoms with Crippen molar-refractivity contribution in [1.82, 2.24) is 15.2 Å². The number of aromatic nitrogens is 1. The third kappa shape index (κ3) is 4.68. The van der Waals surface area contributed by atoms with Crippen LogP contribution in [0.2, 0.25) is 0 Å². The number of thiazole rings is 1. The summed E-state index contributed by atoms with van der Waals surface area (Å²) < 4.78 is 0. The predicted octanol–water partition coefficient (Wildman–Crippen LogP) is 2.16. The Morgan fingerprint density at radius 1 is 1.62 bits per heavy atom. The molecule has 0 amide bonds. The SMILES string of the molecule is CCN1CCCC1CNC(N)=NCc1csc(C(C)C)n1. The van der Waals surface area contributed by atoms with E-state index in [0.29, 0.717) is 24.5 Å². The molecule has 1 aromatic heterocycles. The van der Waals surface area contributed by atoms with Crippen molar-refractivity contribution in [3.05, 3.63) is 16.1 Å². The van der Waals surface area contributed by atoms with Gasteiger partial charge in [0.15, 0.2) is 5.96 Å². The molecule has 0 bridgehead atoms. The van der Waals surface area contributed by atoms with E-state index < -0.39 is 0 Å². The van der Waals surface area contributed by atoms with Gasteiger partial charge in [0, 0.05) is 23.9 Å². The smallest absolute Gasteiger partial charge is 0.189 e. The number of nitrogens with two attached hydrogens (primary N) is 1. The molecule has 0 radical (unpaired) electrons. The second-order valence-electron chi connectivity index (χ2n) is 5.84. The Balaban J connectivity index is 1.78. The number of hydrogen-bond donors (Lipinski definition) is 2. The Morgan fingerprint density at radius 3 is 3.10 bits per heavy atom. The van der Waals surface area contributed by atoms with E-state index >= 15 is 0 Å². The zero-order valence-electron chi connectivity index (χ0n) is 13.3. The molecule has 1 aromatic rings. The summed E-state index contributed by atoms with van der Waals surface area (Å²) in [6.45, 7) is 10.3. The molecule has 2 rings (SSSR count). The molecule has 1 fully saturated rings. The summed E-state index contributed by atoms with van der Waals surface area (Å²) in [6, 6.07) is 0.593. The van der Waals surface area contributed by atoms with Crippen LogP contribution in [0, 0.1) is 0 Å². The minimum Gasteiger partial charge on any atom is -0.370 e. The summed E-state index contributed by atoms with van der Waals surface area (Å²) in [4.78, 5) is 11.4. The van der Waals surface area contributed by atoms with E-state index in [9.17, 15) is 0 Å². The first-order chi connectivity index (χ1) is 10.1. The van der Waals surface area contributed by atoms with Gasteiger partial charge in [-0.15, -0.1) is 11.3 Å². The number of nitrogens with zero attached hydrogens (tertiary/aromatic N) is 3. The first-order valence-corrected chi connectivity index (χ1v) is 8.70. The molecular weight excluding hydrogens is 282 g/mol. The first kappa shape index (κ1) is 16.2. The molecule has 6 heteroatoms. The maximum atomic E-state index is 5.95. The normalized spacial score (nSPS) is 20.4. The van der Waals surface area contributed by atoms with Crippen LogP contribution >= 0.6 is 11.3 Å². The lowest BCUT2D eigenvalue weighted by atomic mass is 10.2. The van der Waals surface area contributed by atoms with E-state index in [0.717, 1.165) is 23.8 Å². The average molecular weight is 309 g/mol. The molecule has 1 aliphatic heterocycles. The average Bonchev–Trinajstić information content (AvgIpc) is 3.11. The van der Waals surface area contributed by atoms with Crippen molar-refractivity contribution in [3.8, 4) is 0 Å².